The van der Waals surface area contributed by atoms with Crippen LogP contribution < -0.4 is 15.4 Å². The van der Waals surface area contributed by atoms with Gasteiger partial charge in [-0.15, -0.1) is 0 Å². The number of allylic oxidation sites excluding steroid dienone is 2. The summed E-state index contributed by atoms with van der Waals surface area (Å²) in [6.07, 6.45) is 13.9. The molecule has 0 saturated carbocycles. The number of nitrogens with one attached hydrogen (secondary N) is 2. The van der Waals surface area contributed by atoms with Gasteiger partial charge in [-0.1, -0.05) is 79.7 Å². The SMILES string of the molecule is C=CC(=O)Nc1cccc(C(c2cn(CN3C=C(CC)CC(C(c4cccc(NC(=O)CC5CCOCC5)c4)c4ccccc4OC)=C3)cn2)c2cccc(C)c2C)c1. The number of benzene rings is 4. The molecule has 3 heterocycles. The fourth-order valence-electron chi connectivity index (χ4n) is 8.41. The highest BCUT2D eigenvalue weighted by Crippen LogP contribution is 2.42. The van der Waals surface area contributed by atoms with Gasteiger partial charge in [-0.2, -0.15) is 0 Å². The molecule has 0 bridgehead atoms. The molecule has 9 heteroatoms. The van der Waals surface area contributed by atoms with E-state index in [1.54, 1.807) is 7.11 Å². The van der Waals surface area contributed by atoms with Crippen LogP contribution in [0.2, 0.25) is 0 Å². The summed E-state index contributed by atoms with van der Waals surface area (Å²) in [6, 6.07) is 30.8. The van der Waals surface area contributed by atoms with Crippen LogP contribution in [0.15, 0.2) is 140 Å². The Hall–Kier alpha value is -6.19. The number of carbonyl (C=O) groups excluding carboxylic acids is 2. The maximum absolute atomic E-state index is 13.2. The lowest BCUT2D eigenvalue weighted by molar-refractivity contribution is -0.117. The molecule has 1 aromatic heterocycles. The van der Waals surface area contributed by atoms with Gasteiger partial charge in [0, 0.05) is 61.1 Å². The second kappa shape index (κ2) is 19.0. The van der Waals surface area contributed by atoms with Crippen molar-refractivity contribution in [3.8, 4) is 5.75 Å². The molecule has 1 fully saturated rings. The van der Waals surface area contributed by atoms with E-state index in [9.17, 15) is 9.59 Å². The summed E-state index contributed by atoms with van der Waals surface area (Å²) in [5.41, 5.74) is 11.7. The maximum Gasteiger partial charge on any atom is 0.247 e. The Kier molecular flexibility index (Phi) is 13.2. The molecular weight excluding hydrogens is 735 g/mol. The van der Waals surface area contributed by atoms with Crippen molar-refractivity contribution in [1.29, 1.82) is 0 Å². The minimum atomic E-state index is -0.253. The van der Waals surface area contributed by atoms with Crippen molar-refractivity contribution in [3.63, 3.8) is 0 Å². The van der Waals surface area contributed by atoms with Gasteiger partial charge >= 0.3 is 0 Å². The monoisotopic (exact) mass is 789 g/mol. The van der Waals surface area contributed by atoms with Crippen LogP contribution in [0.4, 0.5) is 11.4 Å². The molecule has 5 aromatic rings. The van der Waals surface area contributed by atoms with Crippen LogP contribution in [0.25, 0.3) is 0 Å². The smallest absolute Gasteiger partial charge is 0.247 e. The number of anilines is 2. The molecular formula is C50H55N5O4. The number of nitrogens with zero attached hydrogens (tertiary/aromatic N) is 3. The maximum atomic E-state index is 13.2. The van der Waals surface area contributed by atoms with E-state index in [1.165, 1.54) is 28.3 Å². The number of para-hydroxylation sites is 1. The van der Waals surface area contributed by atoms with Gasteiger partial charge in [0.1, 0.15) is 5.75 Å². The van der Waals surface area contributed by atoms with Crippen LogP contribution in [0.5, 0.6) is 5.75 Å². The zero-order chi connectivity index (χ0) is 41.3. The van der Waals surface area contributed by atoms with Gasteiger partial charge in [0.2, 0.25) is 11.8 Å². The van der Waals surface area contributed by atoms with E-state index in [0.29, 0.717) is 24.7 Å². The molecule has 304 valence electrons. The van der Waals surface area contributed by atoms with Crippen molar-refractivity contribution in [3.05, 3.63) is 179 Å². The van der Waals surface area contributed by atoms with E-state index in [0.717, 1.165) is 78.3 Å². The van der Waals surface area contributed by atoms with E-state index in [2.05, 4.69) is 115 Å². The molecule has 0 spiro atoms. The van der Waals surface area contributed by atoms with Crippen molar-refractivity contribution >= 4 is 23.2 Å². The number of methoxy groups -OCH3 is 1. The summed E-state index contributed by atoms with van der Waals surface area (Å²) >= 11 is 0. The van der Waals surface area contributed by atoms with Crippen molar-refractivity contribution in [1.82, 2.24) is 14.5 Å². The molecule has 1 saturated heterocycles. The van der Waals surface area contributed by atoms with Crippen LogP contribution in [0.1, 0.15) is 89.9 Å². The van der Waals surface area contributed by atoms with Crippen molar-refractivity contribution in [2.75, 3.05) is 31.0 Å². The van der Waals surface area contributed by atoms with Crippen molar-refractivity contribution in [2.24, 2.45) is 5.92 Å². The topological polar surface area (TPSA) is 97.7 Å². The minimum Gasteiger partial charge on any atom is -0.496 e. The first-order chi connectivity index (χ1) is 28.7. The fourth-order valence-corrected chi connectivity index (χ4v) is 8.41. The molecule has 2 unspecified atom stereocenters. The number of hydrogen-bond donors (Lipinski definition) is 2. The largest absolute Gasteiger partial charge is 0.496 e. The van der Waals surface area contributed by atoms with E-state index >= 15 is 0 Å². The first kappa shape index (κ1) is 41.0. The van der Waals surface area contributed by atoms with Crippen LogP contribution in [0.3, 0.4) is 0 Å². The van der Waals surface area contributed by atoms with Gasteiger partial charge < -0.3 is 29.6 Å². The zero-order valence-electron chi connectivity index (χ0n) is 34.6. The van der Waals surface area contributed by atoms with Crippen molar-refractivity contribution < 1.29 is 19.1 Å². The summed E-state index contributed by atoms with van der Waals surface area (Å²) < 4.78 is 13.6. The van der Waals surface area contributed by atoms with Gasteiger partial charge in [-0.25, -0.2) is 4.98 Å². The predicted octanol–water partition coefficient (Wildman–Crippen LogP) is 10.2. The highest BCUT2D eigenvalue weighted by molar-refractivity contribution is 5.98. The van der Waals surface area contributed by atoms with E-state index in [-0.39, 0.29) is 23.7 Å². The van der Waals surface area contributed by atoms with Crippen molar-refractivity contribution in [2.45, 2.75) is 71.4 Å². The average molecular weight is 790 g/mol. The van der Waals surface area contributed by atoms with Gasteiger partial charge in [0.15, 0.2) is 0 Å². The number of aryl methyl sites for hydroxylation is 1. The second-order valence-corrected chi connectivity index (χ2v) is 15.6. The first-order valence-corrected chi connectivity index (χ1v) is 20.6. The fraction of sp³-hybridized carbons (Fsp3) is 0.300. The molecule has 2 aliphatic heterocycles. The van der Waals surface area contributed by atoms with E-state index in [1.807, 2.05) is 48.8 Å². The summed E-state index contributed by atoms with van der Waals surface area (Å²) in [6.45, 7) is 12.1. The predicted molar refractivity (Wildman–Crippen MR) is 235 cm³/mol. The van der Waals surface area contributed by atoms with Crippen LogP contribution in [-0.2, 0) is 21.0 Å². The van der Waals surface area contributed by atoms with E-state index in [4.69, 9.17) is 14.5 Å². The normalized spacial score (nSPS) is 15.4. The zero-order valence-corrected chi connectivity index (χ0v) is 34.6. The summed E-state index contributed by atoms with van der Waals surface area (Å²) in [4.78, 5) is 32.7. The Morgan fingerprint density at radius 3 is 2.32 bits per heavy atom. The van der Waals surface area contributed by atoms with Gasteiger partial charge in [0.25, 0.3) is 0 Å². The third-order valence-corrected chi connectivity index (χ3v) is 11.6. The summed E-state index contributed by atoms with van der Waals surface area (Å²) in [5, 5.41) is 6.12. The number of carbonyl (C=O) groups is 2. The number of amides is 2. The third-order valence-electron chi connectivity index (χ3n) is 11.6. The number of rotatable bonds is 15. The Morgan fingerprint density at radius 2 is 1.59 bits per heavy atom. The van der Waals surface area contributed by atoms with Crippen LogP contribution in [0, 0.1) is 19.8 Å². The third kappa shape index (κ3) is 9.92. The average Bonchev–Trinajstić information content (AvgIpc) is 3.70. The molecule has 2 N–H and O–H groups in total. The quantitative estimate of drug-likeness (QED) is 0.103. The number of ether oxygens (including phenoxy) is 2. The lowest BCUT2D eigenvalue weighted by Crippen LogP contribution is -2.22. The summed E-state index contributed by atoms with van der Waals surface area (Å²) in [5.74, 6) is 0.655. The lowest BCUT2D eigenvalue weighted by atomic mass is 9.80. The lowest BCUT2D eigenvalue weighted by Gasteiger charge is -2.31. The molecule has 0 aliphatic carbocycles. The first-order valence-electron chi connectivity index (χ1n) is 20.6. The number of imidazole rings is 1. The standard InChI is InChI=1S/C50H55N5O4/c1-6-36-25-40(49(44-18-8-9-20-46(44)58-5)38-14-11-17-42(27-38)53-48(57)26-37-21-23-59-24-22-37)30-54(29-36)33-55-31-45(51-32-55)50(43-19-10-13-34(3)35(43)4)39-15-12-16-41(28-39)52-47(56)7-2/h7-20,27-32,37,49-50H,2,6,21-26,33H2,1,3-5H3,(H,52,56)(H,53,57). The summed E-state index contributed by atoms with van der Waals surface area (Å²) in [7, 11) is 1.72. The molecule has 4 aromatic carbocycles. The van der Waals surface area contributed by atoms with Gasteiger partial charge in [-0.3, -0.25) is 9.59 Å². The molecule has 59 heavy (non-hydrogen) atoms. The highest BCUT2D eigenvalue weighted by atomic mass is 16.5. The second-order valence-electron chi connectivity index (χ2n) is 15.6. The van der Waals surface area contributed by atoms with Crippen LogP contribution >= 0.6 is 0 Å². The minimum absolute atomic E-state index is 0.0359. The van der Waals surface area contributed by atoms with Gasteiger partial charge in [-0.05, 0) is 115 Å². The molecule has 2 atom stereocenters. The number of aromatic nitrogens is 2. The molecule has 0 radical (unpaired) electrons. The Labute approximate surface area is 348 Å². The Bertz CT molecular complexity index is 2350. The Balaban J connectivity index is 1.21. The highest BCUT2D eigenvalue weighted by Gasteiger charge is 2.28. The molecule has 7 rings (SSSR count). The van der Waals surface area contributed by atoms with Crippen LogP contribution in [-0.4, -0.2) is 46.6 Å². The van der Waals surface area contributed by atoms with E-state index < -0.39 is 0 Å². The molecule has 2 amide bonds. The van der Waals surface area contributed by atoms with Gasteiger partial charge in [0.05, 0.1) is 31.7 Å². The number of hydrogen-bond acceptors (Lipinski definition) is 6. The molecule has 2 aliphatic rings. The Morgan fingerprint density at radius 1 is 0.898 bits per heavy atom. The molecule has 9 nitrogen and oxygen atoms in total.